The molecular formula is C16H13BrClNO. The smallest absolute Gasteiger partial charge is 0.248 e. The second-order valence-corrected chi connectivity index (χ2v) is 5.65. The van der Waals surface area contributed by atoms with Gasteiger partial charge in [0.15, 0.2) is 0 Å². The van der Waals surface area contributed by atoms with E-state index in [0.29, 0.717) is 5.02 Å². The van der Waals surface area contributed by atoms with Gasteiger partial charge in [-0.3, -0.25) is 4.79 Å². The van der Waals surface area contributed by atoms with Crippen LogP contribution < -0.4 is 5.32 Å². The van der Waals surface area contributed by atoms with Crippen molar-refractivity contribution in [3.05, 3.63) is 69.2 Å². The first kappa shape index (κ1) is 14.8. The van der Waals surface area contributed by atoms with E-state index < -0.39 is 0 Å². The van der Waals surface area contributed by atoms with Crippen LogP contribution in [0.15, 0.2) is 53.0 Å². The Balaban J connectivity index is 2.03. The Morgan fingerprint density at radius 1 is 1.20 bits per heavy atom. The number of rotatable bonds is 3. The summed E-state index contributed by atoms with van der Waals surface area (Å²) in [5, 5.41) is 3.50. The molecule has 2 aromatic rings. The second-order valence-electron chi connectivity index (χ2n) is 4.36. The normalized spacial score (nSPS) is 10.8. The molecule has 0 bridgehead atoms. The van der Waals surface area contributed by atoms with Crippen molar-refractivity contribution in [2.75, 3.05) is 5.32 Å². The summed E-state index contributed by atoms with van der Waals surface area (Å²) in [7, 11) is 0. The van der Waals surface area contributed by atoms with E-state index in [2.05, 4.69) is 21.2 Å². The van der Waals surface area contributed by atoms with Crippen LogP contribution in [0.1, 0.15) is 11.1 Å². The molecule has 1 N–H and O–H groups in total. The largest absolute Gasteiger partial charge is 0.321 e. The quantitative estimate of drug-likeness (QED) is 0.770. The third-order valence-electron chi connectivity index (χ3n) is 2.68. The molecule has 0 aliphatic heterocycles. The van der Waals surface area contributed by atoms with E-state index in [4.69, 9.17) is 11.6 Å². The average Bonchev–Trinajstić information content (AvgIpc) is 2.41. The number of halogens is 2. The Labute approximate surface area is 131 Å². The van der Waals surface area contributed by atoms with Crippen molar-refractivity contribution < 1.29 is 4.79 Å². The number of amides is 1. The van der Waals surface area contributed by atoms with Crippen LogP contribution in [0.2, 0.25) is 5.02 Å². The first-order chi connectivity index (χ1) is 9.54. The summed E-state index contributed by atoms with van der Waals surface area (Å²) in [6.45, 7) is 2.00. The van der Waals surface area contributed by atoms with E-state index >= 15 is 0 Å². The number of carbonyl (C=O) groups excluding carboxylic acids is 1. The molecule has 1 amide bonds. The zero-order valence-electron chi connectivity index (χ0n) is 10.9. The predicted molar refractivity (Wildman–Crippen MR) is 88.0 cm³/mol. The Morgan fingerprint density at radius 3 is 2.55 bits per heavy atom. The Hall–Kier alpha value is -1.58. The number of anilines is 1. The van der Waals surface area contributed by atoms with Gasteiger partial charge in [-0.05, 0) is 64.3 Å². The summed E-state index contributed by atoms with van der Waals surface area (Å²) >= 11 is 9.23. The molecule has 0 unspecified atom stereocenters. The van der Waals surface area contributed by atoms with Gasteiger partial charge < -0.3 is 5.32 Å². The second kappa shape index (κ2) is 6.73. The van der Waals surface area contributed by atoms with Gasteiger partial charge in [-0.15, -0.1) is 0 Å². The number of aryl methyl sites for hydroxylation is 1. The fourth-order valence-electron chi connectivity index (χ4n) is 1.64. The highest BCUT2D eigenvalue weighted by atomic mass is 79.9. The zero-order chi connectivity index (χ0) is 14.5. The monoisotopic (exact) mass is 349 g/mol. The van der Waals surface area contributed by atoms with Crippen LogP contribution in [-0.2, 0) is 4.79 Å². The number of hydrogen-bond donors (Lipinski definition) is 1. The van der Waals surface area contributed by atoms with E-state index in [9.17, 15) is 4.79 Å². The molecule has 0 aliphatic carbocycles. The fraction of sp³-hybridized carbons (Fsp3) is 0.0625. The SMILES string of the molecule is Cc1ccc(NC(=O)/C=C/c2ccc(Cl)cc2)c(Br)c1. The average molecular weight is 351 g/mol. The lowest BCUT2D eigenvalue weighted by Gasteiger charge is -2.05. The minimum absolute atomic E-state index is 0.176. The van der Waals surface area contributed by atoms with Crippen molar-refractivity contribution in [3.8, 4) is 0 Å². The number of benzene rings is 2. The van der Waals surface area contributed by atoms with E-state index in [1.54, 1.807) is 18.2 Å². The maximum Gasteiger partial charge on any atom is 0.248 e. The molecule has 0 aliphatic rings. The Morgan fingerprint density at radius 2 is 1.90 bits per heavy atom. The molecule has 4 heteroatoms. The molecule has 0 saturated heterocycles. The molecule has 0 fully saturated rings. The molecule has 0 aromatic heterocycles. The highest BCUT2D eigenvalue weighted by Gasteiger charge is 2.02. The lowest BCUT2D eigenvalue weighted by atomic mass is 10.2. The summed E-state index contributed by atoms with van der Waals surface area (Å²) in [5.41, 5.74) is 2.81. The third kappa shape index (κ3) is 4.22. The maximum absolute atomic E-state index is 11.8. The van der Waals surface area contributed by atoms with Gasteiger partial charge in [-0.25, -0.2) is 0 Å². The predicted octanol–water partition coefficient (Wildman–Crippen LogP) is 5.06. The van der Waals surface area contributed by atoms with Gasteiger partial charge in [0.2, 0.25) is 5.91 Å². The van der Waals surface area contributed by atoms with Gasteiger partial charge in [0.05, 0.1) is 5.69 Å². The summed E-state index contributed by atoms with van der Waals surface area (Å²) in [5.74, 6) is -0.176. The first-order valence-electron chi connectivity index (χ1n) is 6.05. The third-order valence-corrected chi connectivity index (χ3v) is 3.59. The van der Waals surface area contributed by atoms with Crippen LogP contribution in [0, 0.1) is 6.92 Å². The number of carbonyl (C=O) groups is 1. The fourth-order valence-corrected chi connectivity index (χ4v) is 2.36. The van der Waals surface area contributed by atoms with Gasteiger partial charge in [0.1, 0.15) is 0 Å². The molecule has 0 spiro atoms. The van der Waals surface area contributed by atoms with E-state index in [-0.39, 0.29) is 5.91 Å². The van der Waals surface area contributed by atoms with Gasteiger partial charge in [-0.1, -0.05) is 29.8 Å². The Kier molecular flexibility index (Phi) is 4.99. The van der Waals surface area contributed by atoms with E-state index in [0.717, 1.165) is 21.3 Å². The van der Waals surface area contributed by atoms with Crippen molar-refractivity contribution in [2.45, 2.75) is 6.92 Å². The minimum atomic E-state index is -0.176. The van der Waals surface area contributed by atoms with Crippen molar-refractivity contribution in [3.63, 3.8) is 0 Å². The molecule has 0 atom stereocenters. The van der Waals surface area contributed by atoms with Crippen LogP contribution in [-0.4, -0.2) is 5.91 Å². The summed E-state index contributed by atoms with van der Waals surface area (Å²) < 4.78 is 0.866. The molecule has 0 heterocycles. The molecule has 2 nitrogen and oxygen atoms in total. The highest BCUT2D eigenvalue weighted by Crippen LogP contribution is 2.23. The Bertz CT molecular complexity index is 650. The van der Waals surface area contributed by atoms with Gasteiger partial charge in [-0.2, -0.15) is 0 Å². The zero-order valence-corrected chi connectivity index (χ0v) is 13.2. The van der Waals surface area contributed by atoms with Gasteiger partial charge in [0.25, 0.3) is 0 Å². The lowest BCUT2D eigenvalue weighted by molar-refractivity contribution is -0.111. The van der Waals surface area contributed by atoms with Crippen molar-refractivity contribution in [1.29, 1.82) is 0 Å². The number of hydrogen-bond acceptors (Lipinski definition) is 1. The van der Waals surface area contributed by atoms with E-state index in [1.165, 1.54) is 6.08 Å². The van der Waals surface area contributed by atoms with E-state index in [1.807, 2.05) is 37.3 Å². The number of nitrogens with one attached hydrogen (secondary N) is 1. The van der Waals surface area contributed by atoms with Crippen molar-refractivity contribution in [2.24, 2.45) is 0 Å². The van der Waals surface area contributed by atoms with Crippen LogP contribution >= 0.6 is 27.5 Å². The lowest BCUT2D eigenvalue weighted by Crippen LogP contribution is -2.08. The van der Waals surface area contributed by atoms with Gasteiger partial charge in [0, 0.05) is 15.6 Å². The van der Waals surface area contributed by atoms with Gasteiger partial charge >= 0.3 is 0 Å². The van der Waals surface area contributed by atoms with Crippen molar-refractivity contribution in [1.82, 2.24) is 0 Å². The van der Waals surface area contributed by atoms with Crippen LogP contribution in [0.4, 0.5) is 5.69 Å². The summed E-state index contributed by atoms with van der Waals surface area (Å²) in [6, 6.07) is 13.1. The minimum Gasteiger partial charge on any atom is -0.321 e. The molecule has 2 aromatic carbocycles. The molecule has 2 rings (SSSR count). The molecule has 0 radical (unpaired) electrons. The topological polar surface area (TPSA) is 29.1 Å². The summed E-state index contributed by atoms with van der Waals surface area (Å²) in [4.78, 5) is 11.8. The highest BCUT2D eigenvalue weighted by molar-refractivity contribution is 9.10. The molecule has 0 saturated carbocycles. The van der Waals surface area contributed by atoms with Crippen LogP contribution in [0.5, 0.6) is 0 Å². The molecule has 20 heavy (non-hydrogen) atoms. The van der Waals surface area contributed by atoms with Crippen LogP contribution in [0.3, 0.4) is 0 Å². The molecule has 102 valence electrons. The van der Waals surface area contributed by atoms with Crippen LogP contribution in [0.25, 0.3) is 6.08 Å². The van der Waals surface area contributed by atoms with Crippen molar-refractivity contribution >= 4 is 45.2 Å². The first-order valence-corrected chi connectivity index (χ1v) is 7.22. The maximum atomic E-state index is 11.8. The summed E-state index contributed by atoms with van der Waals surface area (Å²) in [6.07, 6.45) is 3.24. The standard InChI is InChI=1S/C16H13BrClNO/c1-11-2-8-15(14(17)10-11)19-16(20)9-5-12-3-6-13(18)7-4-12/h2-10H,1H3,(H,19,20)/b9-5+. The molecular weight excluding hydrogens is 338 g/mol.